The molecule has 2 heteroatoms. The minimum atomic E-state index is -0.578. The number of aromatic nitrogens is 1. The van der Waals surface area contributed by atoms with Crippen molar-refractivity contribution in [3.05, 3.63) is 326 Å². The zero-order chi connectivity index (χ0) is 49.7. The van der Waals surface area contributed by atoms with Crippen LogP contribution in [0, 0.1) is 0 Å². The number of fused-ring (bicyclic) bond motifs is 6. The lowest BCUT2D eigenvalue weighted by atomic mass is 9.67. The lowest BCUT2D eigenvalue weighted by Crippen LogP contribution is -2.28. The van der Waals surface area contributed by atoms with Crippen molar-refractivity contribution in [3.8, 4) is 61.3 Å². The molecule has 0 saturated heterocycles. The van der Waals surface area contributed by atoms with Gasteiger partial charge in [-0.3, -0.25) is 0 Å². The Morgan fingerprint density at radius 1 is 0.280 bits per heavy atom. The molecule has 0 atom stereocenters. The lowest BCUT2D eigenvalue weighted by Gasteiger charge is -2.35. The molecule has 0 aliphatic heterocycles. The van der Waals surface area contributed by atoms with Crippen molar-refractivity contribution >= 4 is 38.9 Å². The van der Waals surface area contributed by atoms with Crippen LogP contribution < -0.4 is 4.90 Å². The molecule has 0 bridgehead atoms. The van der Waals surface area contributed by atoms with Crippen molar-refractivity contribution in [1.29, 1.82) is 0 Å². The van der Waals surface area contributed by atoms with Crippen LogP contribution in [0.5, 0.6) is 0 Å². The van der Waals surface area contributed by atoms with Gasteiger partial charge in [0, 0.05) is 33.3 Å². The summed E-state index contributed by atoms with van der Waals surface area (Å²) in [5.41, 5.74) is 23.0. The standard InChI is InChI=1S/C73H50N2/c1-5-24-51(25-6-1)58-32-13-14-37-65(58)72-60(52-26-7-2-8-27-52)38-23-43-71(72)74(56-46-44-53(45-47-56)59-33-16-20-40-68(59)75-69-41-21-17-35-63(69)64-36-18-22-42-70(64)75)57-48-49-62-61-34-15-19-39-66(61)73(67(62)50-57,54-28-9-3-10-29-54)55-30-11-4-12-31-55/h1-50H. The van der Waals surface area contributed by atoms with Crippen molar-refractivity contribution in [2.75, 3.05) is 4.90 Å². The molecule has 1 heterocycles. The van der Waals surface area contributed by atoms with Gasteiger partial charge >= 0.3 is 0 Å². The normalized spacial score (nSPS) is 12.4. The van der Waals surface area contributed by atoms with E-state index in [1.54, 1.807) is 0 Å². The van der Waals surface area contributed by atoms with Crippen LogP contribution >= 0.6 is 0 Å². The molecular formula is C73H50N2. The molecule has 2 nitrogen and oxygen atoms in total. The first-order valence-corrected chi connectivity index (χ1v) is 25.9. The number of nitrogens with zero attached hydrogens (tertiary/aromatic N) is 2. The Morgan fingerprint density at radius 3 is 1.37 bits per heavy atom. The molecule has 0 spiro atoms. The second kappa shape index (κ2) is 18.4. The highest BCUT2D eigenvalue weighted by molar-refractivity contribution is 6.10. The third-order valence-electron chi connectivity index (χ3n) is 15.5. The maximum absolute atomic E-state index is 2.51. The predicted octanol–water partition coefficient (Wildman–Crippen LogP) is 19.3. The van der Waals surface area contributed by atoms with Crippen LogP contribution in [0.25, 0.3) is 83.1 Å². The van der Waals surface area contributed by atoms with E-state index in [4.69, 9.17) is 0 Å². The van der Waals surface area contributed by atoms with Crippen LogP contribution in [0.4, 0.5) is 17.1 Å². The van der Waals surface area contributed by atoms with Gasteiger partial charge in [-0.05, 0) is 115 Å². The summed E-state index contributed by atoms with van der Waals surface area (Å²) >= 11 is 0. The van der Waals surface area contributed by atoms with Gasteiger partial charge in [0.25, 0.3) is 0 Å². The maximum atomic E-state index is 2.51. The largest absolute Gasteiger partial charge is 0.310 e. The Balaban J connectivity index is 1.03. The molecule has 0 fully saturated rings. The zero-order valence-corrected chi connectivity index (χ0v) is 41.3. The molecule has 0 unspecified atom stereocenters. The molecule has 0 saturated carbocycles. The molecular weight excluding hydrogens is 905 g/mol. The first kappa shape index (κ1) is 44.0. The van der Waals surface area contributed by atoms with Gasteiger partial charge in [-0.1, -0.05) is 255 Å². The van der Waals surface area contributed by atoms with Crippen molar-refractivity contribution in [3.63, 3.8) is 0 Å². The lowest BCUT2D eigenvalue weighted by molar-refractivity contribution is 0.768. The Bertz CT molecular complexity index is 4120. The van der Waals surface area contributed by atoms with Crippen LogP contribution in [0.2, 0.25) is 0 Å². The Labute approximate surface area is 438 Å². The summed E-state index contributed by atoms with van der Waals surface area (Å²) in [6, 6.07) is 112. The summed E-state index contributed by atoms with van der Waals surface area (Å²) in [5, 5.41) is 2.49. The Kier molecular flexibility index (Phi) is 10.8. The van der Waals surface area contributed by atoms with Crippen LogP contribution in [-0.2, 0) is 5.41 Å². The average molecular weight is 955 g/mol. The molecule has 1 aromatic heterocycles. The Morgan fingerprint density at radius 2 is 0.733 bits per heavy atom. The molecule has 14 rings (SSSR count). The van der Waals surface area contributed by atoms with E-state index in [9.17, 15) is 0 Å². The van der Waals surface area contributed by atoms with Gasteiger partial charge in [0.05, 0.1) is 27.8 Å². The van der Waals surface area contributed by atoms with Gasteiger partial charge < -0.3 is 9.47 Å². The number of benzene rings is 12. The summed E-state index contributed by atoms with van der Waals surface area (Å²) in [6.07, 6.45) is 0. The van der Waals surface area contributed by atoms with Gasteiger partial charge in [0.15, 0.2) is 0 Å². The van der Waals surface area contributed by atoms with Gasteiger partial charge in [-0.2, -0.15) is 0 Å². The summed E-state index contributed by atoms with van der Waals surface area (Å²) in [7, 11) is 0. The molecule has 352 valence electrons. The third-order valence-corrected chi connectivity index (χ3v) is 15.5. The van der Waals surface area contributed by atoms with Crippen molar-refractivity contribution in [2.24, 2.45) is 0 Å². The molecule has 12 aromatic carbocycles. The minimum Gasteiger partial charge on any atom is -0.310 e. The van der Waals surface area contributed by atoms with E-state index in [1.807, 2.05) is 0 Å². The summed E-state index contributed by atoms with van der Waals surface area (Å²) in [5.74, 6) is 0. The molecule has 75 heavy (non-hydrogen) atoms. The van der Waals surface area contributed by atoms with Crippen LogP contribution in [-0.4, -0.2) is 4.57 Å². The van der Waals surface area contributed by atoms with Crippen LogP contribution in [0.15, 0.2) is 303 Å². The molecule has 13 aromatic rings. The second-order valence-corrected chi connectivity index (χ2v) is 19.5. The van der Waals surface area contributed by atoms with E-state index in [2.05, 4.69) is 313 Å². The number of hydrogen-bond donors (Lipinski definition) is 0. The quantitative estimate of drug-likeness (QED) is 0.133. The smallest absolute Gasteiger partial charge is 0.0714 e. The van der Waals surface area contributed by atoms with E-state index in [-0.39, 0.29) is 0 Å². The third kappa shape index (κ3) is 7.17. The topological polar surface area (TPSA) is 8.17 Å². The van der Waals surface area contributed by atoms with Crippen molar-refractivity contribution in [1.82, 2.24) is 4.57 Å². The van der Waals surface area contributed by atoms with Crippen molar-refractivity contribution < 1.29 is 0 Å². The molecule has 0 radical (unpaired) electrons. The van der Waals surface area contributed by atoms with E-state index in [0.29, 0.717) is 0 Å². The zero-order valence-electron chi connectivity index (χ0n) is 41.3. The van der Waals surface area contributed by atoms with Crippen LogP contribution in [0.3, 0.4) is 0 Å². The number of hydrogen-bond acceptors (Lipinski definition) is 1. The summed E-state index contributed by atoms with van der Waals surface area (Å²) in [6.45, 7) is 0. The first-order valence-electron chi connectivity index (χ1n) is 25.9. The monoisotopic (exact) mass is 954 g/mol. The van der Waals surface area contributed by atoms with Crippen LogP contribution in [0.1, 0.15) is 22.3 Å². The Hall–Kier alpha value is -9.76. The first-order chi connectivity index (χ1) is 37.3. The van der Waals surface area contributed by atoms with Gasteiger partial charge in [0.1, 0.15) is 0 Å². The number of rotatable bonds is 10. The fourth-order valence-corrected chi connectivity index (χ4v) is 12.3. The fraction of sp³-hybridized carbons (Fsp3) is 0.0137. The minimum absolute atomic E-state index is 0.578. The summed E-state index contributed by atoms with van der Waals surface area (Å²) in [4.78, 5) is 2.51. The predicted molar refractivity (Wildman–Crippen MR) is 315 cm³/mol. The molecule has 0 N–H and O–H groups in total. The van der Waals surface area contributed by atoms with E-state index < -0.39 is 5.41 Å². The highest BCUT2D eigenvalue weighted by Gasteiger charge is 2.46. The van der Waals surface area contributed by atoms with Gasteiger partial charge in [-0.25, -0.2) is 0 Å². The average Bonchev–Trinajstić information content (AvgIpc) is 3.99. The number of para-hydroxylation sites is 3. The number of anilines is 3. The van der Waals surface area contributed by atoms with E-state index >= 15 is 0 Å². The SMILES string of the molecule is c1ccc(-c2ccccc2-c2c(-c3ccccc3)cccc2N(c2ccc(-c3ccccc3-n3c4ccccc4c4ccccc43)cc2)c2ccc3c(c2)C(c2ccccc2)(c2ccccc2)c2ccccc2-3)cc1. The van der Waals surface area contributed by atoms with Gasteiger partial charge in [-0.15, -0.1) is 0 Å². The van der Waals surface area contributed by atoms with Crippen molar-refractivity contribution in [2.45, 2.75) is 5.41 Å². The highest BCUT2D eigenvalue weighted by atomic mass is 15.1. The van der Waals surface area contributed by atoms with E-state index in [0.717, 1.165) is 56.1 Å². The molecule has 0 amide bonds. The second-order valence-electron chi connectivity index (χ2n) is 19.5. The maximum Gasteiger partial charge on any atom is 0.0714 e. The molecule has 1 aliphatic carbocycles. The fourth-order valence-electron chi connectivity index (χ4n) is 12.3. The molecule has 1 aliphatic rings. The van der Waals surface area contributed by atoms with E-state index in [1.165, 1.54) is 66.3 Å². The summed E-state index contributed by atoms with van der Waals surface area (Å²) < 4.78 is 2.43. The highest BCUT2D eigenvalue weighted by Crippen LogP contribution is 2.58. The van der Waals surface area contributed by atoms with Gasteiger partial charge in [0.2, 0.25) is 0 Å².